The second-order valence-corrected chi connectivity index (χ2v) is 9.06. The molecule has 1 saturated heterocycles. The van der Waals surface area contributed by atoms with Crippen LogP contribution in [-0.4, -0.2) is 57.4 Å². The van der Waals surface area contributed by atoms with Crippen LogP contribution < -0.4 is 11.1 Å². The van der Waals surface area contributed by atoms with Gasteiger partial charge in [-0.15, -0.1) is 0 Å². The molecule has 0 unspecified atom stereocenters. The highest BCUT2D eigenvalue weighted by Crippen LogP contribution is 2.20. The van der Waals surface area contributed by atoms with Crippen molar-refractivity contribution in [2.24, 2.45) is 10.9 Å². The lowest BCUT2D eigenvalue weighted by Gasteiger charge is -2.26. The number of nitrogens with two attached hydrogens (primary N) is 1. The summed E-state index contributed by atoms with van der Waals surface area (Å²) >= 11 is 6.07. The van der Waals surface area contributed by atoms with Crippen molar-refractivity contribution in [1.82, 2.24) is 4.31 Å². The monoisotopic (exact) mass is 466 g/mol. The molecule has 9 nitrogen and oxygen atoms in total. The van der Waals surface area contributed by atoms with Gasteiger partial charge in [0.1, 0.15) is 5.84 Å². The van der Waals surface area contributed by atoms with Crippen LogP contribution in [-0.2, 0) is 30.8 Å². The van der Waals surface area contributed by atoms with E-state index in [2.05, 4.69) is 10.5 Å². The third kappa shape index (κ3) is 6.41. The average Bonchev–Trinajstić information content (AvgIpc) is 2.76. The summed E-state index contributed by atoms with van der Waals surface area (Å²) < 4.78 is 32.0. The summed E-state index contributed by atoms with van der Waals surface area (Å²) in [6.07, 6.45) is 0.280. The number of halogens is 1. The van der Waals surface area contributed by atoms with E-state index in [9.17, 15) is 13.2 Å². The van der Waals surface area contributed by atoms with Crippen molar-refractivity contribution < 1.29 is 22.8 Å². The molecule has 3 N–H and O–H groups in total. The Labute approximate surface area is 185 Å². The van der Waals surface area contributed by atoms with Gasteiger partial charge < -0.3 is 20.6 Å². The molecule has 0 radical (unpaired) electrons. The molecule has 0 saturated carbocycles. The first kappa shape index (κ1) is 23.0. The number of nitrogens with zero attached hydrogens (tertiary/aromatic N) is 2. The summed E-state index contributed by atoms with van der Waals surface area (Å²) in [5.74, 6) is -0.338. The summed E-state index contributed by atoms with van der Waals surface area (Å²) in [5.41, 5.74) is 6.92. The Morgan fingerprint density at radius 2 is 1.94 bits per heavy atom. The molecule has 2 aromatic rings. The van der Waals surface area contributed by atoms with E-state index in [1.165, 1.54) is 16.4 Å². The van der Waals surface area contributed by atoms with Gasteiger partial charge in [0.2, 0.25) is 10.0 Å². The molecule has 11 heteroatoms. The first-order valence-electron chi connectivity index (χ1n) is 9.52. The second-order valence-electron chi connectivity index (χ2n) is 6.72. The number of carbonyl (C=O) groups excluding carboxylic acids is 1. The van der Waals surface area contributed by atoms with Crippen LogP contribution in [0.1, 0.15) is 5.56 Å². The van der Waals surface area contributed by atoms with E-state index in [1.54, 1.807) is 24.3 Å². The van der Waals surface area contributed by atoms with Gasteiger partial charge in [-0.2, -0.15) is 4.31 Å². The molecule has 31 heavy (non-hydrogen) atoms. The predicted molar refractivity (Wildman–Crippen MR) is 117 cm³/mol. The van der Waals surface area contributed by atoms with Gasteiger partial charge in [-0.05, 0) is 29.8 Å². The molecule has 1 aliphatic heterocycles. The summed E-state index contributed by atoms with van der Waals surface area (Å²) in [5, 5.41) is 6.87. The van der Waals surface area contributed by atoms with Crippen LogP contribution in [0.5, 0.6) is 0 Å². The number of sulfonamides is 1. The first-order valence-corrected chi connectivity index (χ1v) is 11.3. The van der Waals surface area contributed by atoms with Crippen molar-refractivity contribution in [2.45, 2.75) is 11.3 Å². The molecule has 1 amide bonds. The van der Waals surface area contributed by atoms with Crippen LogP contribution in [0.3, 0.4) is 0 Å². The van der Waals surface area contributed by atoms with Crippen molar-refractivity contribution in [3.8, 4) is 0 Å². The van der Waals surface area contributed by atoms with Crippen molar-refractivity contribution in [1.29, 1.82) is 0 Å². The number of nitrogens with one attached hydrogen (secondary N) is 1. The number of oxime groups is 1. The predicted octanol–water partition coefficient (Wildman–Crippen LogP) is 1.83. The van der Waals surface area contributed by atoms with Gasteiger partial charge in [0.05, 0.1) is 18.1 Å². The number of hydrogen-bond acceptors (Lipinski definition) is 6. The van der Waals surface area contributed by atoms with Crippen LogP contribution >= 0.6 is 11.6 Å². The number of ether oxygens (including phenoxy) is 1. The van der Waals surface area contributed by atoms with Crippen molar-refractivity contribution >= 4 is 39.1 Å². The fraction of sp³-hybridized carbons (Fsp3) is 0.300. The molecule has 3 rings (SSSR count). The van der Waals surface area contributed by atoms with Crippen LogP contribution in [0.15, 0.2) is 58.6 Å². The Hall–Kier alpha value is -2.66. The molecular formula is C20H23ClN4O5S. The highest BCUT2D eigenvalue weighted by Gasteiger charge is 2.26. The molecule has 0 aromatic heterocycles. The van der Waals surface area contributed by atoms with E-state index in [1.807, 2.05) is 12.1 Å². The Kier molecular flexibility index (Phi) is 7.85. The van der Waals surface area contributed by atoms with E-state index in [4.69, 9.17) is 26.9 Å². The zero-order valence-corrected chi connectivity index (χ0v) is 18.2. The number of rotatable bonds is 8. The van der Waals surface area contributed by atoms with Gasteiger partial charge in [0.15, 0.2) is 6.61 Å². The third-order valence-electron chi connectivity index (χ3n) is 4.43. The topological polar surface area (TPSA) is 123 Å². The summed E-state index contributed by atoms with van der Waals surface area (Å²) in [4.78, 5) is 17.2. The standard InChI is InChI=1S/C20H23ClN4O5S/c21-18-7-2-1-4-15(18)12-19(22)24-30-14-20(26)23-16-5-3-6-17(13-16)31(27,28)25-8-10-29-11-9-25/h1-7,13H,8-12,14H2,(H2,22,24)(H,23,26). The average molecular weight is 467 g/mol. The summed E-state index contributed by atoms with van der Waals surface area (Å²) in [6, 6.07) is 13.2. The normalized spacial score (nSPS) is 15.5. The lowest BCUT2D eigenvalue weighted by Crippen LogP contribution is -2.40. The maximum atomic E-state index is 12.7. The Morgan fingerprint density at radius 1 is 1.19 bits per heavy atom. The largest absolute Gasteiger partial charge is 0.384 e. The molecule has 0 bridgehead atoms. The highest BCUT2D eigenvalue weighted by molar-refractivity contribution is 7.89. The summed E-state index contributed by atoms with van der Waals surface area (Å²) in [6.45, 7) is 0.907. The molecule has 1 heterocycles. The quantitative estimate of drug-likeness (QED) is 0.347. The maximum absolute atomic E-state index is 12.7. The zero-order valence-electron chi connectivity index (χ0n) is 16.7. The number of amidine groups is 1. The molecule has 0 spiro atoms. The number of morpholine rings is 1. The summed E-state index contributed by atoms with van der Waals surface area (Å²) in [7, 11) is -3.66. The van der Waals surface area contributed by atoms with Crippen molar-refractivity contribution in [3.05, 3.63) is 59.1 Å². The van der Waals surface area contributed by atoms with E-state index in [0.29, 0.717) is 37.0 Å². The molecule has 0 atom stereocenters. The van der Waals surface area contributed by atoms with Gasteiger partial charge >= 0.3 is 0 Å². The van der Waals surface area contributed by atoms with E-state index < -0.39 is 15.9 Å². The van der Waals surface area contributed by atoms with Crippen LogP contribution in [0.4, 0.5) is 5.69 Å². The van der Waals surface area contributed by atoms with Gasteiger partial charge in [0, 0.05) is 30.2 Å². The van der Waals surface area contributed by atoms with Crippen molar-refractivity contribution in [3.63, 3.8) is 0 Å². The number of benzene rings is 2. The van der Waals surface area contributed by atoms with E-state index in [0.717, 1.165) is 5.56 Å². The third-order valence-corrected chi connectivity index (χ3v) is 6.70. The van der Waals surface area contributed by atoms with Crippen LogP contribution in [0, 0.1) is 0 Å². The fourth-order valence-electron chi connectivity index (χ4n) is 2.91. The van der Waals surface area contributed by atoms with Gasteiger partial charge in [-0.3, -0.25) is 4.79 Å². The van der Waals surface area contributed by atoms with Crippen LogP contribution in [0.25, 0.3) is 0 Å². The number of hydrogen-bond donors (Lipinski definition) is 2. The Balaban J connectivity index is 1.55. The van der Waals surface area contributed by atoms with Gasteiger partial charge in [-0.25, -0.2) is 8.42 Å². The van der Waals surface area contributed by atoms with Gasteiger partial charge in [-0.1, -0.05) is 41.0 Å². The Morgan fingerprint density at radius 3 is 2.68 bits per heavy atom. The number of carbonyl (C=O) groups is 1. The molecule has 1 fully saturated rings. The molecule has 166 valence electrons. The van der Waals surface area contributed by atoms with Crippen LogP contribution in [0.2, 0.25) is 5.02 Å². The fourth-order valence-corrected chi connectivity index (χ4v) is 4.57. The second kappa shape index (κ2) is 10.6. The molecule has 0 aliphatic carbocycles. The van der Waals surface area contributed by atoms with E-state index >= 15 is 0 Å². The zero-order chi connectivity index (χ0) is 22.3. The SMILES string of the molecule is N/C(Cc1ccccc1Cl)=N\OCC(=O)Nc1cccc(S(=O)(=O)N2CCOCC2)c1. The van der Waals surface area contributed by atoms with E-state index in [-0.39, 0.29) is 23.8 Å². The lowest BCUT2D eigenvalue weighted by molar-refractivity contribution is -0.120. The minimum Gasteiger partial charge on any atom is -0.384 e. The number of amides is 1. The lowest BCUT2D eigenvalue weighted by atomic mass is 10.1. The maximum Gasteiger partial charge on any atom is 0.265 e. The Bertz CT molecular complexity index is 1060. The van der Waals surface area contributed by atoms with Crippen molar-refractivity contribution in [2.75, 3.05) is 38.2 Å². The first-order chi connectivity index (χ1) is 14.9. The van der Waals surface area contributed by atoms with Gasteiger partial charge in [0.25, 0.3) is 5.91 Å². The molecule has 2 aromatic carbocycles. The minimum atomic E-state index is -3.66. The smallest absolute Gasteiger partial charge is 0.265 e. The molecular weight excluding hydrogens is 444 g/mol. The molecule has 1 aliphatic rings. The highest BCUT2D eigenvalue weighted by atomic mass is 35.5. The number of anilines is 1. The minimum absolute atomic E-state index is 0.0927.